The maximum atomic E-state index is 4.82. The summed E-state index contributed by atoms with van der Waals surface area (Å²) >= 11 is 3.83. The Bertz CT molecular complexity index is 2050. The fourth-order valence-corrected chi connectivity index (χ4v) is 6.19. The molecule has 0 unspecified atom stereocenters. The minimum atomic E-state index is 0.967. The Hall–Kier alpha value is -5.12. The van der Waals surface area contributed by atoms with Crippen LogP contribution < -0.4 is 0 Å². The second kappa shape index (κ2) is 12.2. The molecule has 0 bridgehead atoms. The molecule has 0 atom stereocenters. The number of nitrogens with zero attached hydrogens (tertiary/aromatic N) is 2. The Morgan fingerprint density at radius 2 is 0.864 bits per heavy atom. The van der Waals surface area contributed by atoms with E-state index in [9.17, 15) is 0 Å². The summed E-state index contributed by atoms with van der Waals surface area (Å²) in [4.78, 5) is 9.63. The maximum absolute atomic E-state index is 4.82. The van der Waals surface area contributed by atoms with E-state index in [2.05, 4.69) is 132 Å². The molecule has 44 heavy (non-hydrogen) atoms. The Morgan fingerprint density at radius 1 is 0.386 bits per heavy atom. The molecule has 0 saturated carbocycles. The zero-order valence-corrected chi connectivity index (χ0v) is 25.9. The van der Waals surface area contributed by atoms with Gasteiger partial charge in [-0.1, -0.05) is 137 Å². The summed E-state index contributed by atoms with van der Waals surface area (Å²) in [5.41, 5.74) is 14.5. The van der Waals surface area contributed by atoms with Crippen molar-refractivity contribution in [1.29, 1.82) is 0 Å². The third-order valence-corrected chi connectivity index (χ3v) is 8.37. The van der Waals surface area contributed by atoms with E-state index in [1.165, 1.54) is 11.1 Å². The third kappa shape index (κ3) is 5.75. The molecule has 3 heteroatoms. The van der Waals surface area contributed by atoms with E-state index < -0.39 is 0 Å². The summed E-state index contributed by atoms with van der Waals surface area (Å²) in [6.07, 6.45) is 3.96. The smallest absolute Gasteiger partial charge is 0.0702 e. The van der Waals surface area contributed by atoms with Gasteiger partial charge in [-0.05, 0) is 70.6 Å². The van der Waals surface area contributed by atoms with Crippen molar-refractivity contribution in [2.75, 3.05) is 0 Å². The van der Waals surface area contributed by atoms with Crippen LogP contribution >= 0.6 is 15.9 Å². The van der Waals surface area contributed by atoms with Gasteiger partial charge in [-0.3, -0.25) is 9.97 Å². The largest absolute Gasteiger partial charge is 0.256 e. The van der Waals surface area contributed by atoms with Gasteiger partial charge >= 0.3 is 0 Å². The number of hydrogen-bond donors (Lipinski definition) is 0. The number of rotatable bonds is 6. The van der Waals surface area contributed by atoms with Gasteiger partial charge in [0.15, 0.2) is 0 Å². The second-order valence-electron chi connectivity index (χ2n) is 10.9. The van der Waals surface area contributed by atoms with Crippen molar-refractivity contribution >= 4 is 15.9 Å². The van der Waals surface area contributed by atoms with Gasteiger partial charge in [0.05, 0.1) is 11.4 Å². The van der Waals surface area contributed by atoms with Crippen molar-refractivity contribution in [3.05, 3.63) is 168 Å². The quantitative estimate of drug-likeness (QED) is 0.183. The van der Waals surface area contributed by atoms with Crippen molar-refractivity contribution in [3.63, 3.8) is 0 Å². The van der Waals surface area contributed by atoms with Gasteiger partial charge < -0.3 is 0 Å². The van der Waals surface area contributed by atoms with Crippen molar-refractivity contribution < 1.29 is 0 Å². The predicted octanol–water partition coefficient (Wildman–Crippen LogP) is 11.5. The summed E-state index contributed by atoms with van der Waals surface area (Å²) < 4.78 is 1.03. The number of pyridine rings is 2. The van der Waals surface area contributed by atoms with Crippen LogP contribution in [0.4, 0.5) is 0 Å². The normalized spacial score (nSPS) is 11.0. The SMILES string of the molecule is Cc1ccc(-c2ccc(-c3ccccc3)nc2)c(-c2cc(Br)cc(-c3ccccc3-c3ccc(-c4ccccc4)nc3)c2)c1. The standard InChI is InChI=1S/C41H29BrN2/c1-28-16-19-38(32-18-21-41(44-27-32)30-12-6-3-7-13-30)39(22-28)34-23-33(24-35(42)25-34)37-15-9-8-14-36(37)31-17-20-40(43-26-31)29-10-4-2-5-11-29/h2-27H,1H3. The molecule has 0 radical (unpaired) electrons. The fraction of sp³-hybridized carbons (Fsp3) is 0.0244. The maximum Gasteiger partial charge on any atom is 0.0702 e. The van der Waals surface area contributed by atoms with E-state index >= 15 is 0 Å². The molecule has 2 aromatic heterocycles. The number of aryl methyl sites for hydroxylation is 1. The van der Waals surface area contributed by atoms with E-state index in [0.717, 1.165) is 65.9 Å². The van der Waals surface area contributed by atoms with Crippen LogP contribution in [0.15, 0.2) is 162 Å². The van der Waals surface area contributed by atoms with Crippen LogP contribution in [0.2, 0.25) is 0 Å². The van der Waals surface area contributed by atoms with Crippen LogP contribution in [-0.2, 0) is 0 Å². The van der Waals surface area contributed by atoms with Gasteiger partial charge in [0.25, 0.3) is 0 Å². The predicted molar refractivity (Wildman–Crippen MR) is 187 cm³/mol. The van der Waals surface area contributed by atoms with Crippen molar-refractivity contribution in [3.8, 4) is 67.0 Å². The van der Waals surface area contributed by atoms with Gasteiger partial charge in [-0.25, -0.2) is 0 Å². The van der Waals surface area contributed by atoms with Gasteiger partial charge in [-0.15, -0.1) is 0 Å². The number of halogens is 1. The highest BCUT2D eigenvalue weighted by atomic mass is 79.9. The molecule has 2 nitrogen and oxygen atoms in total. The lowest BCUT2D eigenvalue weighted by Gasteiger charge is -2.16. The van der Waals surface area contributed by atoms with E-state index in [-0.39, 0.29) is 0 Å². The lowest BCUT2D eigenvalue weighted by molar-refractivity contribution is 1.32. The molecule has 0 spiro atoms. The fourth-order valence-electron chi connectivity index (χ4n) is 5.70. The molecule has 2 heterocycles. The van der Waals surface area contributed by atoms with Gasteiger partial charge in [-0.2, -0.15) is 0 Å². The van der Waals surface area contributed by atoms with Gasteiger partial charge in [0, 0.05) is 39.1 Å². The zero-order valence-electron chi connectivity index (χ0n) is 24.3. The zero-order chi connectivity index (χ0) is 29.9. The first-order chi connectivity index (χ1) is 21.6. The number of aromatic nitrogens is 2. The van der Waals surface area contributed by atoms with Gasteiger partial charge in [0.2, 0.25) is 0 Å². The minimum Gasteiger partial charge on any atom is -0.256 e. The number of benzene rings is 5. The third-order valence-electron chi connectivity index (χ3n) is 7.91. The lowest BCUT2D eigenvalue weighted by atomic mass is 9.90. The van der Waals surface area contributed by atoms with E-state index in [1.807, 2.05) is 48.8 Å². The van der Waals surface area contributed by atoms with Crippen LogP contribution in [0.5, 0.6) is 0 Å². The molecular formula is C41H29BrN2. The highest BCUT2D eigenvalue weighted by Crippen LogP contribution is 2.39. The Labute approximate surface area is 266 Å². The summed E-state index contributed by atoms with van der Waals surface area (Å²) in [5, 5.41) is 0. The average Bonchev–Trinajstić information content (AvgIpc) is 3.09. The molecule has 0 fully saturated rings. The topological polar surface area (TPSA) is 25.8 Å². The molecule has 0 aliphatic rings. The Balaban J connectivity index is 1.28. The average molecular weight is 630 g/mol. The molecule has 0 amide bonds. The van der Waals surface area contributed by atoms with E-state index in [1.54, 1.807) is 0 Å². The highest BCUT2D eigenvalue weighted by molar-refractivity contribution is 9.10. The molecular weight excluding hydrogens is 600 g/mol. The van der Waals surface area contributed by atoms with Crippen LogP contribution in [0.1, 0.15) is 5.56 Å². The molecule has 0 aliphatic heterocycles. The summed E-state index contributed by atoms with van der Waals surface area (Å²) in [5.74, 6) is 0. The molecule has 0 saturated heterocycles. The first-order valence-electron chi connectivity index (χ1n) is 14.7. The molecule has 7 aromatic rings. The monoisotopic (exact) mass is 628 g/mol. The summed E-state index contributed by atoms with van der Waals surface area (Å²) in [7, 11) is 0. The second-order valence-corrected chi connectivity index (χ2v) is 11.8. The minimum absolute atomic E-state index is 0.967. The van der Waals surface area contributed by atoms with E-state index in [0.29, 0.717) is 0 Å². The molecule has 0 N–H and O–H groups in total. The van der Waals surface area contributed by atoms with Crippen molar-refractivity contribution in [2.24, 2.45) is 0 Å². The first kappa shape index (κ1) is 27.7. The molecule has 0 aliphatic carbocycles. The Morgan fingerprint density at radius 3 is 1.39 bits per heavy atom. The Kier molecular flexibility index (Phi) is 7.70. The van der Waals surface area contributed by atoms with E-state index in [4.69, 9.17) is 9.97 Å². The van der Waals surface area contributed by atoms with Crippen LogP contribution in [0.25, 0.3) is 67.0 Å². The van der Waals surface area contributed by atoms with Crippen molar-refractivity contribution in [1.82, 2.24) is 9.97 Å². The molecule has 210 valence electrons. The number of hydrogen-bond acceptors (Lipinski definition) is 2. The summed E-state index contributed by atoms with van der Waals surface area (Å²) in [6, 6.07) is 51.0. The summed E-state index contributed by atoms with van der Waals surface area (Å²) in [6.45, 7) is 2.14. The molecule has 5 aromatic carbocycles. The highest BCUT2D eigenvalue weighted by Gasteiger charge is 2.14. The van der Waals surface area contributed by atoms with Gasteiger partial charge in [0.1, 0.15) is 0 Å². The van der Waals surface area contributed by atoms with Crippen LogP contribution in [-0.4, -0.2) is 9.97 Å². The van der Waals surface area contributed by atoms with Crippen LogP contribution in [0.3, 0.4) is 0 Å². The van der Waals surface area contributed by atoms with Crippen LogP contribution in [0, 0.1) is 6.92 Å². The lowest BCUT2D eigenvalue weighted by Crippen LogP contribution is -1.91. The molecule has 7 rings (SSSR count). The first-order valence-corrected chi connectivity index (χ1v) is 15.5. The van der Waals surface area contributed by atoms with Crippen molar-refractivity contribution in [2.45, 2.75) is 6.92 Å².